The van der Waals surface area contributed by atoms with Crippen molar-refractivity contribution in [1.29, 1.82) is 0 Å². The zero-order valence-corrected chi connectivity index (χ0v) is 18.0. The van der Waals surface area contributed by atoms with Crippen LogP contribution in [0.15, 0.2) is 59.5 Å². The molecule has 154 valence electrons. The highest BCUT2D eigenvalue weighted by atomic mass is 32.2. The number of nitrogens with one attached hydrogen (secondary N) is 1. The molecule has 1 aliphatic rings. The Bertz CT molecular complexity index is 986. The van der Waals surface area contributed by atoms with Crippen LogP contribution in [0.5, 0.6) is 0 Å². The molecule has 0 atom stereocenters. The molecule has 0 unspecified atom stereocenters. The van der Waals surface area contributed by atoms with Gasteiger partial charge in [0.2, 0.25) is 10.0 Å². The minimum absolute atomic E-state index is 0.0192. The van der Waals surface area contributed by atoms with Crippen molar-refractivity contribution in [2.45, 2.75) is 4.90 Å². The van der Waals surface area contributed by atoms with Crippen molar-refractivity contribution in [3.05, 3.63) is 60.2 Å². The largest absolute Gasteiger partial charge is 0.345 e. The van der Waals surface area contributed by atoms with Gasteiger partial charge < -0.3 is 15.1 Å². The Morgan fingerprint density at radius 2 is 1.59 bits per heavy atom. The fraction of sp³-hybridized carbons (Fsp3) is 0.300. The van der Waals surface area contributed by atoms with E-state index in [1.807, 2.05) is 40.1 Å². The summed E-state index contributed by atoms with van der Waals surface area (Å²) in [6, 6.07) is 15.8. The van der Waals surface area contributed by atoms with Gasteiger partial charge >= 0.3 is 0 Å². The summed E-state index contributed by atoms with van der Waals surface area (Å²) in [6.45, 7) is 2.37. The second-order valence-corrected chi connectivity index (χ2v) is 9.43. The van der Waals surface area contributed by atoms with E-state index in [0.29, 0.717) is 42.5 Å². The number of hydrogen-bond acceptors (Lipinski definition) is 4. The Morgan fingerprint density at radius 3 is 2.21 bits per heavy atom. The third kappa shape index (κ3) is 4.92. The first-order valence-corrected chi connectivity index (χ1v) is 11.1. The van der Waals surface area contributed by atoms with Crippen LogP contribution in [0.4, 0.5) is 5.69 Å². The summed E-state index contributed by atoms with van der Waals surface area (Å²) >= 11 is 5.49. The van der Waals surface area contributed by atoms with Gasteiger partial charge in [0.25, 0.3) is 5.91 Å². The Labute approximate surface area is 177 Å². The minimum Gasteiger partial charge on any atom is -0.345 e. The maximum absolute atomic E-state index is 12.6. The number of carbonyl (C=O) groups is 1. The fourth-order valence-corrected chi connectivity index (χ4v) is 4.27. The van der Waals surface area contributed by atoms with E-state index < -0.39 is 10.0 Å². The van der Waals surface area contributed by atoms with Gasteiger partial charge in [-0.25, -0.2) is 12.7 Å². The lowest BCUT2D eigenvalue weighted by molar-refractivity contribution is 0.0693. The predicted molar refractivity (Wildman–Crippen MR) is 117 cm³/mol. The van der Waals surface area contributed by atoms with Gasteiger partial charge in [0.1, 0.15) is 0 Å². The number of piperazine rings is 1. The summed E-state index contributed by atoms with van der Waals surface area (Å²) in [7, 11) is -0.518. The summed E-state index contributed by atoms with van der Waals surface area (Å²) in [4.78, 5) is 16.6. The van der Waals surface area contributed by atoms with E-state index in [1.165, 1.54) is 18.4 Å². The van der Waals surface area contributed by atoms with E-state index >= 15 is 0 Å². The zero-order chi connectivity index (χ0) is 21.0. The van der Waals surface area contributed by atoms with Crippen LogP contribution in [0.25, 0.3) is 0 Å². The molecule has 0 aromatic heterocycles. The van der Waals surface area contributed by atoms with E-state index in [4.69, 9.17) is 12.2 Å². The van der Waals surface area contributed by atoms with Gasteiger partial charge in [-0.05, 0) is 42.5 Å². The molecule has 0 spiro atoms. The van der Waals surface area contributed by atoms with Gasteiger partial charge in [0, 0.05) is 51.5 Å². The van der Waals surface area contributed by atoms with Gasteiger partial charge in [0.05, 0.1) is 4.90 Å². The summed E-state index contributed by atoms with van der Waals surface area (Å²) < 4.78 is 25.8. The van der Waals surface area contributed by atoms with Gasteiger partial charge in [-0.15, -0.1) is 0 Å². The third-order valence-electron chi connectivity index (χ3n) is 4.74. The predicted octanol–water partition coefficient (Wildman–Crippen LogP) is 2.09. The van der Waals surface area contributed by atoms with Crippen molar-refractivity contribution in [1.82, 2.24) is 14.1 Å². The van der Waals surface area contributed by atoms with Crippen LogP contribution in [-0.2, 0) is 10.0 Å². The molecule has 0 radical (unpaired) electrons. The molecule has 0 saturated carbocycles. The van der Waals surface area contributed by atoms with E-state index in [0.717, 1.165) is 0 Å². The lowest BCUT2D eigenvalue weighted by Crippen LogP contribution is -2.51. The van der Waals surface area contributed by atoms with Crippen molar-refractivity contribution in [2.75, 3.05) is 45.6 Å². The standard InChI is InChI=1S/C20H24N4O3S2/c1-22(2)29(26,27)18-10-6-9-17(15-18)21-20(28)24-13-11-23(12-14-24)19(25)16-7-4-3-5-8-16/h3-10,15H,11-14H2,1-2H3,(H,21,28). The first kappa shape index (κ1) is 21.2. The van der Waals surface area contributed by atoms with Crippen molar-refractivity contribution in [3.63, 3.8) is 0 Å². The monoisotopic (exact) mass is 432 g/mol. The molecular formula is C20H24N4O3S2. The van der Waals surface area contributed by atoms with E-state index in [9.17, 15) is 13.2 Å². The fourth-order valence-electron chi connectivity index (χ4n) is 3.02. The third-order valence-corrected chi connectivity index (χ3v) is 6.91. The summed E-state index contributed by atoms with van der Waals surface area (Å²) in [5.41, 5.74) is 1.29. The van der Waals surface area contributed by atoms with Gasteiger partial charge in [-0.2, -0.15) is 0 Å². The normalized spacial score (nSPS) is 14.7. The molecule has 3 rings (SSSR count). The van der Waals surface area contributed by atoms with E-state index in [2.05, 4.69) is 5.32 Å². The Morgan fingerprint density at radius 1 is 0.966 bits per heavy atom. The van der Waals surface area contributed by atoms with E-state index in [-0.39, 0.29) is 10.8 Å². The summed E-state index contributed by atoms with van der Waals surface area (Å²) in [6.07, 6.45) is 0. The maximum Gasteiger partial charge on any atom is 0.253 e. The van der Waals surface area contributed by atoms with Crippen LogP contribution < -0.4 is 5.32 Å². The molecule has 1 aliphatic heterocycles. The topological polar surface area (TPSA) is 73.0 Å². The molecule has 0 aliphatic carbocycles. The van der Waals surface area contributed by atoms with Crippen molar-refractivity contribution >= 4 is 38.9 Å². The van der Waals surface area contributed by atoms with E-state index in [1.54, 1.807) is 24.3 Å². The second kappa shape index (κ2) is 8.89. The number of carbonyl (C=O) groups excluding carboxylic acids is 1. The highest BCUT2D eigenvalue weighted by Gasteiger charge is 2.24. The summed E-state index contributed by atoms with van der Waals surface area (Å²) in [5, 5.41) is 3.62. The van der Waals surface area contributed by atoms with Crippen LogP contribution in [-0.4, -0.2) is 73.8 Å². The van der Waals surface area contributed by atoms with Crippen molar-refractivity contribution in [3.8, 4) is 0 Å². The smallest absolute Gasteiger partial charge is 0.253 e. The number of rotatable bonds is 4. The molecule has 1 N–H and O–H groups in total. The van der Waals surface area contributed by atoms with Crippen LogP contribution in [0.3, 0.4) is 0 Å². The maximum atomic E-state index is 12.6. The van der Waals surface area contributed by atoms with Crippen molar-refractivity contribution in [2.24, 2.45) is 0 Å². The summed E-state index contributed by atoms with van der Waals surface area (Å²) in [5.74, 6) is 0.0192. The molecule has 2 aromatic carbocycles. The van der Waals surface area contributed by atoms with Crippen LogP contribution in [0, 0.1) is 0 Å². The lowest BCUT2D eigenvalue weighted by Gasteiger charge is -2.36. The number of benzene rings is 2. The average molecular weight is 433 g/mol. The molecule has 0 bridgehead atoms. The highest BCUT2D eigenvalue weighted by Crippen LogP contribution is 2.19. The molecule has 1 amide bonds. The van der Waals surface area contributed by atoms with Crippen molar-refractivity contribution < 1.29 is 13.2 Å². The molecule has 29 heavy (non-hydrogen) atoms. The second-order valence-electron chi connectivity index (χ2n) is 6.89. The van der Waals surface area contributed by atoms with Gasteiger partial charge in [-0.3, -0.25) is 4.79 Å². The molecular weight excluding hydrogens is 408 g/mol. The molecule has 2 aromatic rings. The molecule has 1 heterocycles. The number of sulfonamides is 1. The zero-order valence-electron chi connectivity index (χ0n) is 16.4. The molecule has 1 fully saturated rings. The SMILES string of the molecule is CN(C)S(=O)(=O)c1cccc(NC(=S)N2CCN(C(=O)c3ccccc3)CC2)c1. The number of nitrogens with zero attached hydrogens (tertiary/aromatic N) is 3. The Hall–Kier alpha value is -2.49. The average Bonchev–Trinajstić information content (AvgIpc) is 2.74. The molecule has 7 nitrogen and oxygen atoms in total. The van der Waals surface area contributed by atoms with Crippen LogP contribution in [0.1, 0.15) is 10.4 Å². The minimum atomic E-state index is -3.51. The number of thiocarbonyl (C=S) groups is 1. The first-order chi connectivity index (χ1) is 13.8. The first-order valence-electron chi connectivity index (χ1n) is 9.22. The molecule has 9 heteroatoms. The Kier molecular flexibility index (Phi) is 6.51. The number of anilines is 1. The van der Waals surface area contributed by atoms with Crippen LogP contribution >= 0.6 is 12.2 Å². The van der Waals surface area contributed by atoms with Gasteiger partial charge in [-0.1, -0.05) is 24.3 Å². The molecule has 1 saturated heterocycles. The van der Waals surface area contributed by atoms with Crippen LogP contribution in [0.2, 0.25) is 0 Å². The Balaban J connectivity index is 1.60. The van der Waals surface area contributed by atoms with Gasteiger partial charge in [0.15, 0.2) is 5.11 Å². The quantitative estimate of drug-likeness (QED) is 0.746. The lowest BCUT2D eigenvalue weighted by atomic mass is 10.2. The number of amides is 1. The number of hydrogen-bond donors (Lipinski definition) is 1. The highest BCUT2D eigenvalue weighted by molar-refractivity contribution is 7.89.